The van der Waals surface area contributed by atoms with E-state index in [0.29, 0.717) is 18.7 Å². The first kappa shape index (κ1) is 15.0. The van der Waals surface area contributed by atoms with Crippen molar-refractivity contribution in [2.75, 3.05) is 6.54 Å². The topological polar surface area (TPSA) is 59.6 Å². The van der Waals surface area contributed by atoms with Crippen molar-refractivity contribution >= 4 is 23.2 Å². The number of carbonyl (C=O) groups is 1. The first-order valence-corrected chi connectivity index (χ1v) is 8.09. The molecule has 2 aromatic heterocycles. The molecule has 1 aromatic carbocycles. The SMILES string of the molecule is O=C(Cn1nc2ccccn2c1=O)N1CCc2c(Cl)cccc2C1. The Morgan fingerprint density at radius 2 is 2.08 bits per heavy atom. The lowest BCUT2D eigenvalue weighted by Crippen LogP contribution is -2.40. The van der Waals surface area contributed by atoms with Crippen molar-refractivity contribution < 1.29 is 4.79 Å². The molecule has 0 N–H and O–H groups in total. The Balaban J connectivity index is 1.56. The van der Waals surface area contributed by atoms with Gasteiger partial charge in [0.1, 0.15) is 6.54 Å². The number of fused-ring (bicyclic) bond motifs is 2. The zero-order valence-corrected chi connectivity index (χ0v) is 13.6. The van der Waals surface area contributed by atoms with Crippen molar-refractivity contribution in [3.8, 4) is 0 Å². The van der Waals surface area contributed by atoms with Gasteiger partial charge in [-0.25, -0.2) is 9.48 Å². The van der Waals surface area contributed by atoms with E-state index in [-0.39, 0.29) is 18.1 Å². The van der Waals surface area contributed by atoms with Crippen LogP contribution in [0.15, 0.2) is 47.4 Å². The van der Waals surface area contributed by atoms with E-state index in [1.54, 1.807) is 29.3 Å². The van der Waals surface area contributed by atoms with Gasteiger partial charge in [-0.05, 0) is 35.7 Å². The molecule has 0 bridgehead atoms. The summed E-state index contributed by atoms with van der Waals surface area (Å²) in [6.07, 6.45) is 2.37. The summed E-state index contributed by atoms with van der Waals surface area (Å²) in [6, 6.07) is 11.0. The number of amides is 1. The quantitative estimate of drug-likeness (QED) is 0.712. The second kappa shape index (κ2) is 5.79. The molecule has 1 aliphatic rings. The predicted octanol–water partition coefficient (Wildman–Crippen LogP) is 1.73. The summed E-state index contributed by atoms with van der Waals surface area (Å²) in [5.74, 6) is -0.119. The highest BCUT2D eigenvalue weighted by molar-refractivity contribution is 6.31. The summed E-state index contributed by atoms with van der Waals surface area (Å²) >= 11 is 6.20. The van der Waals surface area contributed by atoms with Crippen LogP contribution in [0.1, 0.15) is 11.1 Å². The number of rotatable bonds is 2. The highest BCUT2D eigenvalue weighted by Crippen LogP contribution is 2.25. The molecule has 0 unspecified atom stereocenters. The van der Waals surface area contributed by atoms with Crippen LogP contribution >= 0.6 is 11.6 Å². The summed E-state index contributed by atoms with van der Waals surface area (Å²) in [7, 11) is 0. The fourth-order valence-electron chi connectivity index (χ4n) is 3.07. The molecule has 3 heterocycles. The fraction of sp³-hybridized carbons (Fsp3) is 0.235. The molecule has 0 radical (unpaired) electrons. The van der Waals surface area contributed by atoms with Crippen LogP contribution < -0.4 is 5.69 Å². The van der Waals surface area contributed by atoms with E-state index < -0.39 is 0 Å². The maximum atomic E-state index is 12.6. The van der Waals surface area contributed by atoms with Gasteiger partial charge >= 0.3 is 5.69 Å². The third-order valence-corrected chi connectivity index (χ3v) is 4.69. The standard InChI is InChI=1S/C17H15ClN4O2/c18-14-5-3-4-12-10-20(9-7-13(12)14)16(23)11-22-17(24)21-8-2-1-6-15(21)19-22/h1-6,8H,7,9-11H2. The number of carbonyl (C=O) groups excluding carboxylic acids is 1. The lowest BCUT2D eigenvalue weighted by Gasteiger charge is -2.29. The summed E-state index contributed by atoms with van der Waals surface area (Å²) in [5.41, 5.74) is 2.39. The predicted molar refractivity (Wildman–Crippen MR) is 90.0 cm³/mol. The Morgan fingerprint density at radius 3 is 2.92 bits per heavy atom. The Bertz CT molecular complexity index is 992. The van der Waals surface area contributed by atoms with Gasteiger partial charge in [0.15, 0.2) is 5.65 Å². The lowest BCUT2D eigenvalue weighted by atomic mass is 10.00. The molecule has 1 amide bonds. The van der Waals surface area contributed by atoms with Crippen LogP contribution in [0.2, 0.25) is 5.02 Å². The van der Waals surface area contributed by atoms with Gasteiger partial charge in [0.05, 0.1) is 0 Å². The van der Waals surface area contributed by atoms with Crippen LogP contribution in [0.5, 0.6) is 0 Å². The average Bonchev–Trinajstić information content (AvgIpc) is 2.91. The van der Waals surface area contributed by atoms with E-state index in [1.807, 2.05) is 18.2 Å². The monoisotopic (exact) mass is 342 g/mol. The number of halogens is 1. The minimum absolute atomic E-state index is 0.0591. The molecule has 122 valence electrons. The van der Waals surface area contributed by atoms with Crippen molar-refractivity contribution in [2.45, 2.75) is 19.5 Å². The number of hydrogen-bond donors (Lipinski definition) is 0. The Kier molecular flexibility index (Phi) is 3.61. The zero-order chi connectivity index (χ0) is 16.7. The first-order valence-electron chi connectivity index (χ1n) is 7.72. The van der Waals surface area contributed by atoms with Crippen LogP contribution in [-0.4, -0.2) is 31.5 Å². The number of aromatic nitrogens is 3. The van der Waals surface area contributed by atoms with Gasteiger partial charge in [0.2, 0.25) is 5.91 Å². The molecular weight excluding hydrogens is 328 g/mol. The molecule has 0 saturated carbocycles. The molecular formula is C17H15ClN4O2. The van der Waals surface area contributed by atoms with E-state index in [0.717, 1.165) is 22.6 Å². The maximum Gasteiger partial charge on any atom is 0.350 e. The molecule has 24 heavy (non-hydrogen) atoms. The zero-order valence-electron chi connectivity index (χ0n) is 12.9. The largest absolute Gasteiger partial charge is 0.350 e. The molecule has 0 atom stereocenters. The molecule has 0 spiro atoms. The first-order chi connectivity index (χ1) is 11.6. The van der Waals surface area contributed by atoms with Gasteiger partial charge in [-0.3, -0.25) is 9.20 Å². The smallest absolute Gasteiger partial charge is 0.336 e. The van der Waals surface area contributed by atoms with E-state index >= 15 is 0 Å². The number of nitrogens with zero attached hydrogens (tertiary/aromatic N) is 4. The third-order valence-electron chi connectivity index (χ3n) is 4.33. The molecule has 0 saturated heterocycles. The molecule has 4 rings (SSSR count). The van der Waals surface area contributed by atoms with Crippen molar-refractivity contribution in [1.29, 1.82) is 0 Å². The summed E-state index contributed by atoms with van der Waals surface area (Å²) in [6.45, 7) is 1.05. The number of pyridine rings is 1. The van der Waals surface area contributed by atoms with E-state index in [4.69, 9.17) is 11.6 Å². The highest BCUT2D eigenvalue weighted by Gasteiger charge is 2.23. The average molecular weight is 343 g/mol. The van der Waals surface area contributed by atoms with Gasteiger partial charge in [0.25, 0.3) is 0 Å². The molecule has 1 aliphatic heterocycles. The summed E-state index contributed by atoms with van der Waals surface area (Å²) < 4.78 is 2.64. The van der Waals surface area contributed by atoms with E-state index in [1.165, 1.54) is 9.08 Å². The molecule has 7 heteroatoms. The molecule has 6 nitrogen and oxygen atoms in total. The Hall–Kier alpha value is -2.60. The minimum Gasteiger partial charge on any atom is -0.336 e. The van der Waals surface area contributed by atoms with Gasteiger partial charge < -0.3 is 4.90 Å². The van der Waals surface area contributed by atoms with E-state index in [2.05, 4.69) is 5.10 Å². The molecule has 0 fully saturated rings. The van der Waals surface area contributed by atoms with Gasteiger partial charge in [-0.1, -0.05) is 29.8 Å². The van der Waals surface area contributed by atoms with Gasteiger partial charge in [0, 0.05) is 24.3 Å². The highest BCUT2D eigenvalue weighted by atomic mass is 35.5. The Morgan fingerprint density at radius 1 is 1.21 bits per heavy atom. The van der Waals surface area contributed by atoms with Crippen LogP contribution in [-0.2, 0) is 24.3 Å². The Labute approximate surface area is 142 Å². The van der Waals surface area contributed by atoms with Crippen LogP contribution in [0, 0.1) is 0 Å². The third kappa shape index (κ3) is 2.49. The summed E-state index contributed by atoms with van der Waals surface area (Å²) in [4.78, 5) is 26.6. The number of benzene rings is 1. The maximum absolute atomic E-state index is 12.6. The normalized spacial score (nSPS) is 14.0. The van der Waals surface area contributed by atoms with E-state index in [9.17, 15) is 9.59 Å². The van der Waals surface area contributed by atoms with Crippen molar-refractivity contribution in [3.05, 3.63) is 69.2 Å². The molecule has 3 aromatic rings. The van der Waals surface area contributed by atoms with Crippen molar-refractivity contribution in [3.63, 3.8) is 0 Å². The van der Waals surface area contributed by atoms with Crippen molar-refractivity contribution in [2.24, 2.45) is 0 Å². The molecule has 0 aliphatic carbocycles. The van der Waals surface area contributed by atoms with Crippen LogP contribution in [0.4, 0.5) is 0 Å². The second-order valence-electron chi connectivity index (χ2n) is 5.81. The van der Waals surface area contributed by atoms with Crippen LogP contribution in [0.3, 0.4) is 0 Å². The second-order valence-corrected chi connectivity index (χ2v) is 6.22. The van der Waals surface area contributed by atoms with Gasteiger partial charge in [-0.15, -0.1) is 5.10 Å². The van der Waals surface area contributed by atoms with Crippen molar-refractivity contribution in [1.82, 2.24) is 19.1 Å². The van der Waals surface area contributed by atoms with Crippen LogP contribution in [0.25, 0.3) is 5.65 Å². The summed E-state index contributed by atoms with van der Waals surface area (Å²) in [5, 5.41) is 4.95. The lowest BCUT2D eigenvalue weighted by molar-refractivity contribution is -0.133. The fourth-order valence-corrected chi connectivity index (χ4v) is 3.36. The minimum atomic E-state index is -0.306. The van der Waals surface area contributed by atoms with Gasteiger partial charge in [-0.2, -0.15) is 0 Å². The number of hydrogen-bond acceptors (Lipinski definition) is 3.